The first-order valence-electron chi connectivity index (χ1n) is 8.72. The third-order valence-electron chi connectivity index (χ3n) is 5.31. The lowest BCUT2D eigenvalue weighted by atomic mass is 9.85. The smallest absolute Gasteiger partial charge is 0.266 e. The number of halogens is 1. The summed E-state index contributed by atoms with van der Waals surface area (Å²) in [4.78, 5) is 10.8. The van der Waals surface area contributed by atoms with E-state index in [0.717, 1.165) is 30.0 Å². The first-order valence-corrected chi connectivity index (χ1v) is 8.72. The maximum absolute atomic E-state index is 15.5. The fourth-order valence-corrected chi connectivity index (χ4v) is 3.64. The minimum Gasteiger partial charge on any atom is -0.353 e. The summed E-state index contributed by atoms with van der Waals surface area (Å²) in [6, 6.07) is 3.78. The number of rotatable bonds is 3. The maximum Gasteiger partial charge on any atom is 0.266 e. The van der Waals surface area contributed by atoms with E-state index in [1.165, 1.54) is 6.42 Å². The number of aryl methyl sites for hydroxylation is 1. The van der Waals surface area contributed by atoms with Gasteiger partial charge in [0.25, 0.3) is 5.89 Å². The molecule has 1 aliphatic heterocycles. The summed E-state index contributed by atoms with van der Waals surface area (Å²) >= 11 is 0. The second-order valence-corrected chi connectivity index (χ2v) is 7.08. The zero-order valence-electron chi connectivity index (χ0n) is 14.0. The van der Waals surface area contributed by atoms with Gasteiger partial charge >= 0.3 is 0 Å². The van der Waals surface area contributed by atoms with Crippen molar-refractivity contribution in [2.45, 2.75) is 44.2 Å². The number of hydrogen-bond donors (Lipinski definition) is 0. The highest BCUT2D eigenvalue weighted by Gasteiger charge is 2.46. The lowest BCUT2D eigenvalue weighted by Crippen LogP contribution is -2.29. The second-order valence-electron chi connectivity index (χ2n) is 7.08. The Bertz CT molecular complexity index is 932. The Kier molecular flexibility index (Phi) is 3.10. The summed E-state index contributed by atoms with van der Waals surface area (Å²) in [6.45, 7) is 2.67. The Labute approximate surface area is 143 Å². The van der Waals surface area contributed by atoms with E-state index in [2.05, 4.69) is 20.2 Å². The third kappa shape index (κ3) is 2.31. The van der Waals surface area contributed by atoms with Crippen LogP contribution in [-0.4, -0.2) is 37.8 Å². The predicted octanol–water partition coefficient (Wildman–Crippen LogP) is 2.76. The van der Waals surface area contributed by atoms with Gasteiger partial charge in [-0.1, -0.05) is 11.6 Å². The molecule has 4 heterocycles. The van der Waals surface area contributed by atoms with Gasteiger partial charge in [0, 0.05) is 36.7 Å². The molecule has 0 radical (unpaired) electrons. The van der Waals surface area contributed by atoms with E-state index in [-0.39, 0.29) is 12.4 Å². The number of aromatic nitrogens is 5. The maximum atomic E-state index is 15.5. The lowest BCUT2D eigenvalue weighted by molar-refractivity contribution is 0.135. The van der Waals surface area contributed by atoms with Gasteiger partial charge in [0.1, 0.15) is 5.82 Å². The molecule has 3 aromatic rings. The topological polar surface area (TPSA) is 72.4 Å². The summed E-state index contributed by atoms with van der Waals surface area (Å²) < 4.78 is 22.6. The van der Waals surface area contributed by atoms with E-state index in [9.17, 15) is 0 Å². The molecule has 8 heteroatoms. The summed E-state index contributed by atoms with van der Waals surface area (Å²) in [6.07, 6.45) is 5.34. The molecule has 0 N–H and O–H groups in total. The second kappa shape index (κ2) is 5.24. The Hall–Kier alpha value is -2.51. The van der Waals surface area contributed by atoms with Crippen molar-refractivity contribution in [3.63, 3.8) is 0 Å². The van der Waals surface area contributed by atoms with E-state index >= 15 is 4.39 Å². The lowest BCUT2D eigenvalue weighted by Gasteiger charge is -2.21. The Balaban J connectivity index is 1.44. The van der Waals surface area contributed by atoms with Gasteiger partial charge in [0.2, 0.25) is 5.67 Å². The van der Waals surface area contributed by atoms with Crippen LogP contribution in [0.5, 0.6) is 0 Å². The summed E-state index contributed by atoms with van der Waals surface area (Å²) in [7, 11) is 0. The molecule has 130 valence electrons. The molecule has 2 fully saturated rings. The molecule has 5 rings (SSSR count). The highest BCUT2D eigenvalue weighted by Crippen LogP contribution is 2.40. The molecule has 0 bridgehead atoms. The first-order chi connectivity index (χ1) is 12.1. The van der Waals surface area contributed by atoms with Crippen molar-refractivity contribution in [1.29, 1.82) is 0 Å². The minimum absolute atomic E-state index is 0.111. The molecule has 25 heavy (non-hydrogen) atoms. The van der Waals surface area contributed by atoms with E-state index in [0.29, 0.717) is 24.7 Å². The van der Waals surface area contributed by atoms with Gasteiger partial charge in [-0.05, 0) is 19.8 Å². The molecule has 1 unspecified atom stereocenters. The van der Waals surface area contributed by atoms with Crippen LogP contribution in [0.15, 0.2) is 22.9 Å². The van der Waals surface area contributed by atoms with Crippen molar-refractivity contribution in [3.05, 3.63) is 35.7 Å². The van der Waals surface area contributed by atoms with Crippen molar-refractivity contribution in [3.8, 4) is 0 Å². The number of hydrogen-bond acceptors (Lipinski definition) is 6. The molecular formula is C17H19FN6O. The molecule has 1 aliphatic carbocycles. The molecule has 1 atom stereocenters. The zero-order chi connectivity index (χ0) is 17.0. The van der Waals surface area contributed by atoms with Gasteiger partial charge in [0.05, 0.1) is 12.7 Å². The van der Waals surface area contributed by atoms with E-state index in [1.807, 2.05) is 24.0 Å². The number of anilines is 1. The molecule has 1 saturated carbocycles. The van der Waals surface area contributed by atoms with Crippen LogP contribution in [0, 0.1) is 6.92 Å². The highest BCUT2D eigenvalue weighted by atomic mass is 19.1. The summed E-state index contributed by atoms with van der Waals surface area (Å²) in [5.41, 5.74) is 0.0203. The molecule has 7 nitrogen and oxygen atoms in total. The fourth-order valence-electron chi connectivity index (χ4n) is 3.64. The molecule has 2 aliphatic rings. The Morgan fingerprint density at radius 2 is 2.20 bits per heavy atom. The van der Waals surface area contributed by atoms with Gasteiger partial charge in [-0.15, -0.1) is 0 Å². The highest BCUT2D eigenvalue weighted by molar-refractivity contribution is 5.51. The van der Waals surface area contributed by atoms with Crippen LogP contribution >= 0.6 is 0 Å². The molecule has 0 amide bonds. The largest absolute Gasteiger partial charge is 0.353 e. The van der Waals surface area contributed by atoms with E-state index in [1.54, 1.807) is 10.7 Å². The molecule has 0 spiro atoms. The van der Waals surface area contributed by atoms with Crippen LogP contribution in [0.2, 0.25) is 0 Å². The third-order valence-corrected chi connectivity index (χ3v) is 5.31. The average Bonchev–Trinajstić information content (AvgIpc) is 3.24. The van der Waals surface area contributed by atoms with Gasteiger partial charge in [-0.2, -0.15) is 14.6 Å². The van der Waals surface area contributed by atoms with Crippen molar-refractivity contribution in [2.75, 3.05) is 18.0 Å². The fraction of sp³-hybridized carbons (Fsp3) is 0.529. The van der Waals surface area contributed by atoms with Crippen LogP contribution in [0.3, 0.4) is 0 Å². The van der Waals surface area contributed by atoms with Crippen molar-refractivity contribution < 1.29 is 8.91 Å². The van der Waals surface area contributed by atoms with Crippen LogP contribution in [0.4, 0.5) is 10.2 Å². The van der Waals surface area contributed by atoms with Crippen LogP contribution < -0.4 is 4.90 Å². The monoisotopic (exact) mass is 342 g/mol. The SMILES string of the molecule is Cc1cc(N2CCC(F)(c3nc(C4CCC4)no3)C2)n2nccc2n1. The Morgan fingerprint density at radius 1 is 1.32 bits per heavy atom. The van der Waals surface area contributed by atoms with E-state index < -0.39 is 5.67 Å². The van der Waals surface area contributed by atoms with Gasteiger partial charge in [0.15, 0.2) is 11.5 Å². The van der Waals surface area contributed by atoms with E-state index in [4.69, 9.17) is 4.52 Å². The summed E-state index contributed by atoms with van der Waals surface area (Å²) in [5, 5.41) is 8.32. The van der Waals surface area contributed by atoms with Gasteiger partial charge in [-0.3, -0.25) is 0 Å². The zero-order valence-corrected chi connectivity index (χ0v) is 14.0. The standard InChI is InChI=1S/C17H19FN6O/c1-11-9-14(24-13(20-11)5-7-19-24)23-8-6-17(18,10-23)16-21-15(22-25-16)12-3-2-4-12/h5,7,9,12H,2-4,6,8,10H2,1H3. The van der Waals surface area contributed by atoms with Crippen LogP contribution in [0.1, 0.15) is 49.0 Å². The number of fused-ring (bicyclic) bond motifs is 1. The van der Waals surface area contributed by atoms with Crippen molar-refractivity contribution in [2.24, 2.45) is 0 Å². The predicted molar refractivity (Wildman–Crippen MR) is 88.2 cm³/mol. The normalized spacial score (nSPS) is 24.2. The van der Waals surface area contributed by atoms with Crippen LogP contribution in [0.25, 0.3) is 5.65 Å². The van der Waals surface area contributed by atoms with Gasteiger partial charge in [-0.25, -0.2) is 9.37 Å². The number of alkyl halides is 1. The quantitative estimate of drug-likeness (QED) is 0.729. The minimum atomic E-state index is -1.62. The molecule has 1 saturated heterocycles. The van der Waals surface area contributed by atoms with Crippen molar-refractivity contribution in [1.82, 2.24) is 24.7 Å². The molecule has 0 aromatic carbocycles. The summed E-state index contributed by atoms with van der Waals surface area (Å²) in [5.74, 6) is 1.95. The molecular weight excluding hydrogens is 323 g/mol. The van der Waals surface area contributed by atoms with Crippen molar-refractivity contribution >= 4 is 11.5 Å². The average molecular weight is 342 g/mol. The Morgan fingerprint density at radius 3 is 3.00 bits per heavy atom. The first kappa shape index (κ1) is 14.8. The number of nitrogens with zero attached hydrogens (tertiary/aromatic N) is 6. The van der Waals surface area contributed by atoms with Gasteiger partial charge < -0.3 is 9.42 Å². The molecule has 3 aromatic heterocycles. The van der Waals surface area contributed by atoms with Crippen LogP contribution in [-0.2, 0) is 5.67 Å².